The molecular formula is C39H29ClF8N10O4S. The lowest BCUT2D eigenvalue weighted by molar-refractivity contribution is -0.123. The van der Waals surface area contributed by atoms with E-state index < -0.39 is 94.3 Å². The summed E-state index contributed by atoms with van der Waals surface area (Å²) in [4.78, 5) is 33.8. The van der Waals surface area contributed by atoms with Crippen molar-refractivity contribution in [2.24, 2.45) is 13.0 Å². The lowest BCUT2D eigenvalue weighted by Gasteiger charge is -2.24. The number of aryl methyl sites for hydroxylation is 1. The van der Waals surface area contributed by atoms with E-state index in [1.807, 2.05) is 0 Å². The number of halogens is 9. The number of hydrogen-bond donors (Lipinski definition) is 2. The molecule has 2 aliphatic rings. The number of hydrogen-bond acceptors (Lipinski definition) is 8. The summed E-state index contributed by atoms with van der Waals surface area (Å²) in [5.74, 6) is -9.46. The zero-order valence-electron chi connectivity index (χ0n) is 32.3. The molecule has 0 unspecified atom stereocenters. The van der Waals surface area contributed by atoms with E-state index in [4.69, 9.17) is 16.6 Å². The number of aromatic nitrogens is 8. The van der Waals surface area contributed by atoms with Gasteiger partial charge in [0.1, 0.15) is 35.4 Å². The molecule has 1 amide bonds. The van der Waals surface area contributed by atoms with Crippen LogP contribution >= 0.6 is 11.6 Å². The second-order valence-electron chi connectivity index (χ2n) is 15.2. The summed E-state index contributed by atoms with van der Waals surface area (Å²) >= 11 is 6.59. The molecule has 7 aromatic rings. The normalized spacial score (nSPS) is 17.2. The molecule has 14 nitrogen and oxygen atoms in total. The van der Waals surface area contributed by atoms with Crippen molar-refractivity contribution in [3.05, 3.63) is 116 Å². The molecule has 0 aliphatic heterocycles. The summed E-state index contributed by atoms with van der Waals surface area (Å²) in [6.45, 7) is -4.02. The Morgan fingerprint density at radius 3 is 2.41 bits per heavy atom. The monoisotopic (exact) mass is 920 g/mol. The summed E-state index contributed by atoms with van der Waals surface area (Å²) in [6.07, 6.45) is -0.760. The topological polar surface area (TPSA) is 164 Å². The molecule has 9 rings (SSSR count). The minimum absolute atomic E-state index is 0.0144. The first-order chi connectivity index (χ1) is 29.7. The first-order valence-electron chi connectivity index (χ1n) is 18.7. The third-order valence-electron chi connectivity index (χ3n) is 10.9. The molecule has 0 spiro atoms. The molecule has 0 saturated heterocycles. The maximum Gasteiger partial charge on any atom is 0.333 e. The summed E-state index contributed by atoms with van der Waals surface area (Å²) in [5, 5.41) is 14.1. The van der Waals surface area contributed by atoms with Gasteiger partial charge >= 0.3 is 6.55 Å². The van der Waals surface area contributed by atoms with E-state index in [0.29, 0.717) is 15.4 Å². The number of amides is 1. The van der Waals surface area contributed by atoms with Crippen molar-refractivity contribution < 1.29 is 48.3 Å². The van der Waals surface area contributed by atoms with Gasteiger partial charge in [0, 0.05) is 42.8 Å². The number of alkyl halides is 6. The van der Waals surface area contributed by atoms with Gasteiger partial charge in [-0.25, -0.2) is 35.6 Å². The molecule has 4 aromatic heterocycles. The maximum absolute atomic E-state index is 15.5. The fourth-order valence-corrected chi connectivity index (χ4v) is 9.09. The van der Waals surface area contributed by atoms with E-state index in [9.17, 15) is 44.3 Å². The van der Waals surface area contributed by atoms with E-state index in [2.05, 4.69) is 25.3 Å². The predicted molar refractivity (Wildman–Crippen MR) is 210 cm³/mol. The SMILES string of the molecule is Cn1nc(NS(C)(=O)=O)c2c(Cl)ccc(-n3c([C@H](Cc4cc(F)cc(F)c4)NC(=O)Cn4nc(C(F)F)c5c4C(F)(F)[C@@H]4C[C@H]54)nc4cc(-c5cnn(C(F)F)c5)ccc4c3=O)c21. The van der Waals surface area contributed by atoms with Crippen LogP contribution in [0.25, 0.3) is 38.6 Å². The van der Waals surface area contributed by atoms with Crippen molar-refractivity contribution in [1.29, 1.82) is 0 Å². The fourth-order valence-electron chi connectivity index (χ4n) is 8.35. The first kappa shape index (κ1) is 42.0. The third kappa shape index (κ3) is 7.34. The molecule has 0 radical (unpaired) electrons. The van der Waals surface area contributed by atoms with Crippen molar-refractivity contribution in [2.75, 3.05) is 11.0 Å². The van der Waals surface area contributed by atoms with Crippen molar-refractivity contribution in [1.82, 2.24) is 44.2 Å². The molecule has 0 bridgehead atoms. The van der Waals surface area contributed by atoms with Crippen LogP contribution in [0.3, 0.4) is 0 Å². The van der Waals surface area contributed by atoms with Crippen LogP contribution in [0, 0.1) is 17.6 Å². The van der Waals surface area contributed by atoms with E-state index in [-0.39, 0.29) is 72.8 Å². The van der Waals surface area contributed by atoms with Gasteiger partial charge in [-0.2, -0.15) is 32.9 Å². The average Bonchev–Trinajstić information content (AvgIpc) is 3.42. The molecule has 328 valence electrons. The molecule has 2 aliphatic carbocycles. The number of fused-ring (bicyclic) bond motifs is 5. The van der Waals surface area contributed by atoms with Crippen molar-refractivity contribution in [2.45, 2.75) is 50.2 Å². The van der Waals surface area contributed by atoms with Gasteiger partial charge in [0.05, 0.1) is 51.0 Å². The van der Waals surface area contributed by atoms with Gasteiger partial charge in [0.15, 0.2) is 5.82 Å². The van der Waals surface area contributed by atoms with Crippen molar-refractivity contribution >= 4 is 55.2 Å². The molecule has 24 heteroatoms. The van der Waals surface area contributed by atoms with E-state index in [1.165, 1.54) is 42.1 Å². The number of nitrogens with one attached hydrogen (secondary N) is 2. The Hall–Kier alpha value is -6.36. The number of rotatable bonds is 12. The van der Waals surface area contributed by atoms with Gasteiger partial charge in [-0.3, -0.25) is 28.2 Å². The fraction of sp³-hybridized carbons (Fsp3) is 0.282. The number of carbonyl (C=O) groups is 1. The second-order valence-corrected chi connectivity index (χ2v) is 17.4. The van der Waals surface area contributed by atoms with E-state index in [1.54, 1.807) is 0 Å². The highest BCUT2D eigenvalue weighted by Crippen LogP contribution is 2.68. The maximum atomic E-state index is 15.5. The number of carbonyl (C=O) groups excluding carboxylic acids is 1. The minimum atomic E-state index is -3.95. The quantitative estimate of drug-likeness (QED) is 0.121. The van der Waals surface area contributed by atoms with Gasteiger partial charge in [-0.15, -0.1) is 0 Å². The standard InChI is InChI=1S/C39H29ClF8N10O4S/c1-55-32-27(6-5-24(40)30(32)35(53-55)54-63(2,61)62)58-36(51-25-10-17(3-4-21(25)37(58)60)18-13-49-57(14-18)38(45)46)26(9-16-7-19(41)11-20(42)8-16)50-28(59)15-56-33-29(31(52-56)34(43)44)22-12-23(22)39(33,47)48/h3-8,10-11,13-14,22-23,26,34,38H,9,12,15H2,1-2H3,(H,50,59)(H,53,54)/t22-,23+,26-/m0/s1. The molecule has 4 heterocycles. The molecule has 3 atom stereocenters. The zero-order valence-corrected chi connectivity index (χ0v) is 33.9. The van der Waals surface area contributed by atoms with Crippen LogP contribution in [0.15, 0.2) is 65.7 Å². The molecule has 3 aromatic carbocycles. The Kier molecular flexibility index (Phi) is 9.92. The van der Waals surface area contributed by atoms with Crippen LogP contribution in [-0.4, -0.2) is 59.5 Å². The van der Waals surface area contributed by atoms with Crippen molar-refractivity contribution in [3.63, 3.8) is 0 Å². The summed E-state index contributed by atoms with van der Waals surface area (Å²) in [7, 11) is -2.54. The highest BCUT2D eigenvalue weighted by molar-refractivity contribution is 7.92. The number of sulfonamides is 1. The number of nitrogens with zero attached hydrogens (tertiary/aromatic N) is 8. The summed E-state index contributed by atoms with van der Waals surface area (Å²) in [5.41, 5.74) is -2.64. The molecule has 1 saturated carbocycles. The van der Waals surface area contributed by atoms with Gasteiger partial charge in [-0.05, 0) is 59.9 Å². The highest BCUT2D eigenvalue weighted by Gasteiger charge is 2.67. The highest BCUT2D eigenvalue weighted by atomic mass is 35.5. The molecule has 1 fully saturated rings. The Bertz CT molecular complexity index is 3200. The minimum Gasteiger partial charge on any atom is -0.344 e. The van der Waals surface area contributed by atoms with Gasteiger partial charge in [0.25, 0.3) is 17.9 Å². The smallest absolute Gasteiger partial charge is 0.333 e. The molecular weight excluding hydrogens is 892 g/mol. The predicted octanol–water partition coefficient (Wildman–Crippen LogP) is 7.28. The Balaban J connectivity index is 1.25. The van der Waals surface area contributed by atoms with Crippen molar-refractivity contribution in [3.8, 4) is 16.8 Å². The summed E-state index contributed by atoms with van der Waals surface area (Å²) in [6, 6.07) is 7.63. The van der Waals surface area contributed by atoms with Gasteiger partial charge in [-0.1, -0.05) is 17.7 Å². The average molecular weight is 921 g/mol. The lowest BCUT2D eigenvalue weighted by atomic mass is 10.0. The zero-order chi connectivity index (χ0) is 45.0. The Morgan fingerprint density at radius 2 is 1.75 bits per heavy atom. The number of anilines is 1. The van der Waals surface area contributed by atoms with Crippen LogP contribution in [0.5, 0.6) is 0 Å². The van der Waals surface area contributed by atoms with Crippen LogP contribution in [-0.2, 0) is 40.8 Å². The van der Waals surface area contributed by atoms with Crippen LogP contribution in [0.4, 0.5) is 40.9 Å². The number of benzene rings is 3. The second kappa shape index (κ2) is 14.9. The van der Waals surface area contributed by atoms with Crippen LogP contribution in [0.1, 0.15) is 59.7 Å². The van der Waals surface area contributed by atoms with Gasteiger partial charge < -0.3 is 5.32 Å². The molecule has 2 N–H and O–H groups in total. The van der Waals surface area contributed by atoms with Crippen LogP contribution in [0.2, 0.25) is 5.02 Å². The van der Waals surface area contributed by atoms with E-state index >= 15 is 8.78 Å². The Morgan fingerprint density at radius 1 is 1.02 bits per heavy atom. The van der Waals surface area contributed by atoms with E-state index in [0.717, 1.165) is 35.3 Å². The van der Waals surface area contributed by atoms with Crippen LogP contribution < -0.4 is 15.6 Å². The molecule has 63 heavy (non-hydrogen) atoms. The van der Waals surface area contributed by atoms with Gasteiger partial charge in [0.2, 0.25) is 15.9 Å². The summed E-state index contributed by atoms with van der Waals surface area (Å²) < 4.78 is 146. The largest absolute Gasteiger partial charge is 0.344 e. The Labute approximate surface area is 354 Å². The lowest BCUT2D eigenvalue weighted by Crippen LogP contribution is -2.38. The first-order valence-corrected chi connectivity index (χ1v) is 21.0. The third-order valence-corrected chi connectivity index (χ3v) is 11.8.